The Morgan fingerprint density at radius 1 is 1.17 bits per heavy atom. The Hall–Kier alpha value is -2.25. The molecule has 0 N–H and O–H groups in total. The lowest BCUT2D eigenvalue weighted by atomic mass is 9.86. The van der Waals surface area contributed by atoms with Crippen LogP contribution in [-0.4, -0.2) is 34.8 Å². The Bertz CT molecular complexity index is 920. The first-order valence-electron chi connectivity index (χ1n) is 9.91. The van der Waals surface area contributed by atoms with Crippen molar-refractivity contribution >= 4 is 22.5 Å². The van der Waals surface area contributed by atoms with Gasteiger partial charge in [-0.2, -0.15) is 0 Å². The predicted octanol–water partition coefficient (Wildman–Crippen LogP) is 5.03. The van der Waals surface area contributed by atoms with Crippen LogP contribution in [0.4, 0.5) is 23.2 Å². The van der Waals surface area contributed by atoms with Crippen molar-refractivity contribution in [1.29, 1.82) is 0 Å². The van der Waals surface area contributed by atoms with Gasteiger partial charge in [-0.05, 0) is 30.4 Å². The summed E-state index contributed by atoms with van der Waals surface area (Å²) in [6, 6.07) is 3.02. The molecule has 1 aliphatic carbocycles. The van der Waals surface area contributed by atoms with Crippen LogP contribution in [0.3, 0.4) is 0 Å². The third-order valence-corrected chi connectivity index (χ3v) is 5.90. The molecule has 0 bridgehead atoms. The molecule has 1 aromatic heterocycles. The standard InChI is InChI=1S/C21H23F4N3O/c1-12-6-13(7-15(29)8-14-9-21(14,24)25)11-28(10-12)17-3-2-16(20(22)23)18-19(17)27-5-4-26-18/h2-5,12-14,20H,6-11H2,1H3/t12-,13-,14?/m0/s1. The molecule has 1 aromatic carbocycles. The molecule has 29 heavy (non-hydrogen) atoms. The van der Waals surface area contributed by atoms with Gasteiger partial charge in [0, 0.05) is 56.2 Å². The van der Waals surface area contributed by atoms with E-state index in [0.29, 0.717) is 18.6 Å². The van der Waals surface area contributed by atoms with Crippen LogP contribution in [0.1, 0.15) is 44.6 Å². The first-order valence-corrected chi connectivity index (χ1v) is 9.91. The monoisotopic (exact) mass is 409 g/mol. The summed E-state index contributed by atoms with van der Waals surface area (Å²) in [5.41, 5.74) is 1.16. The molecule has 1 saturated heterocycles. The summed E-state index contributed by atoms with van der Waals surface area (Å²) in [6.45, 7) is 3.35. The molecule has 1 aliphatic heterocycles. The summed E-state index contributed by atoms with van der Waals surface area (Å²) in [7, 11) is 0. The molecule has 2 aromatic rings. The number of carbonyl (C=O) groups excluding carboxylic acids is 1. The summed E-state index contributed by atoms with van der Waals surface area (Å²) < 4.78 is 52.8. The number of nitrogens with zero attached hydrogens (tertiary/aromatic N) is 3. The highest BCUT2D eigenvalue weighted by Crippen LogP contribution is 2.51. The summed E-state index contributed by atoms with van der Waals surface area (Å²) in [5, 5.41) is 0. The lowest BCUT2D eigenvalue weighted by Gasteiger charge is -2.38. The molecule has 2 heterocycles. The van der Waals surface area contributed by atoms with Gasteiger partial charge in [0.1, 0.15) is 11.3 Å². The number of rotatable bonds is 6. The number of hydrogen-bond donors (Lipinski definition) is 0. The Balaban J connectivity index is 1.53. The number of halogens is 4. The van der Waals surface area contributed by atoms with E-state index in [-0.39, 0.29) is 48.0 Å². The molecule has 156 valence electrons. The minimum atomic E-state index is -2.68. The third-order valence-electron chi connectivity index (χ3n) is 5.90. The van der Waals surface area contributed by atoms with Gasteiger partial charge in [0.2, 0.25) is 0 Å². The van der Waals surface area contributed by atoms with Crippen molar-refractivity contribution in [3.05, 3.63) is 30.1 Å². The molecule has 1 saturated carbocycles. The molecule has 8 heteroatoms. The largest absolute Gasteiger partial charge is 0.369 e. The molecule has 2 fully saturated rings. The number of ketones is 1. The Labute approximate surface area is 166 Å². The van der Waals surface area contributed by atoms with Crippen LogP contribution in [0.5, 0.6) is 0 Å². The van der Waals surface area contributed by atoms with Crippen molar-refractivity contribution in [2.75, 3.05) is 18.0 Å². The maximum absolute atomic E-state index is 13.3. The van der Waals surface area contributed by atoms with Gasteiger partial charge < -0.3 is 4.90 Å². The predicted molar refractivity (Wildman–Crippen MR) is 101 cm³/mol. The molecular formula is C21H23F4N3O. The van der Waals surface area contributed by atoms with Crippen LogP contribution in [0, 0.1) is 17.8 Å². The molecule has 0 radical (unpaired) electrons. The quantitative estimate of drug-likeness (QED) is 0.628. The van der Waals surface area contributed by atoms with E-state index in [2.05, 4.69) is 21.8 Å². The number of piperidine rings is 1. The van der Waals surface area contributed by atoms with E-state index in [1.54, 1.807) is 6.07 Å². The van der Waals surface area contributed by atoms with Gasteiger partial charge in [0.15, 0.2) is 0 Å². The van der Waals surface area contributed by atoms with Gasteiger partial charge in [-0.3, -0.25) is 14.8 Å². The number of benzene rings is 1. The highest BCUT2D eigenvalue weighted by molar-refractivity contribution is 5.90. The number of carbonyl (C=O) groups is 1. The molecule has 0 spiro atoms. The van der Waals surface area contributed by atoms with Crippen LogP contribution >= 0.6 is 0 Å². The van der Waals surface area contributed by atoms with Crippen molar-refractivity contribution in [1.82, 2.24) is 9.97 Å². The number of hydrogen-bond acceptors (Lipinski definition) is 4. The lowest BCUT2D eigenvalue weighted by Crippen LogP contribution is -2.40. The van der Waals surface area contributed by atoms with E-state index in [4.69, 9.17) is 0 Å². The van der Waals surface area contributed by atoms with E-state index in [1.807, 2.05) is 0 Å². The first-order chi connectivity index (χ1) is 13.7. The zero-order valence-electron chi connectivity index (χ0n) is 16.1. The zero-order chi connectivity index (χ0) is 20.8. The minimum Gasteiger partial charge on any atom is -0.369 e. The van der Waals surface area contributed by atoms with Crippen molar-refractivity contribution in [2.24, 2.45) is 17.8 Å². The maximum Gasteiger partial charge on any atom is 0.266 e. The fourth-order valence-corrected chi connectivity index (χ4v) is 4.49. The molecule has 3 atom stereocenters. The van der Waals surface area contributed by atoms with Crippen LogP contribution in [0.25, 0.3) is 11.0 Å². The highest BCUT2D eigenvalue weighted by Gasteiger charge is 2.57. The van der Waals surface area contributed by atoms with Crippen LogP contribution in [0.15, 0.2) is 24.5 Å². The van der Waals surface area contributed by atoms with Gasteiger partial charge in [-0.25, -0.2) is 17.6 Å². The fourth-order valence-electron chi connectivity index (χ4n) is 4.49. The third kappa shape index (κ3) is 4.21. The molecule has 0 amide bonds. The lowest BCUT2D eigenvalue weighted by molar-refractivity contribution is -0.121. The number of anilines is 1. The molecule has 2 aliphatic rings. The molecular weight excluding hydrogens is 386 g/mol. The number of fused-ring (bicyclic) bond motifs is 1. The minimum absolute atomic E-state index is 0.0418. The van der Waals surface area contributed by atoms with Crippen LogP contribution in [-0.2, 0) is 4.79 Å². The van der Waals surface area contributed by atoms with Gasteiger partial charge in [-0.15, -0.1) is 0 Å². The normalized spacial score (nSPS) is 26.1. The van der Waals surface area contributed by atoms with E-state index >= 15 is 0 Å². The van der Waals surface area contributed by atoms with E-state index in [0.717, 1.165) is 12.1 Å². The zero-order valence-corrected chi connectivity index (χ0v) is 16.1. The number of aromatic nitrogens is 2. The highest BCUT2D eigenvalue weighted by atomic mass is 19.3. The van der Waals surface area contributed by atoms with Crippen LogP contribution in [0.2, 0.25) is 0 Å². The average Bonchev–Trinajstić information content (AvgIpc) is 3.25. The van der Waals surface area contributed by atoms with Gasteiger partial charge in [0.05, 0.1) is 11.2 Å². The smallest absolute Gasteiger partial charge is 0.266 e. The summed E-state index contributed by atoms with van der Waals surface area (Å²) >= 11 is 0. The average molecular weight is 409 g/mol. The van der Waals surface area contributed by atoms with Crippen molar-refractivity contribution < 1.29 is 22.4 Å². The van der Waals surface area contributed by atoms with Gasteiger partial charge >= 0.3 is 0 Å². The molecule has 4 nitrogen and oxygen atoms in total. The number of Topliss-reactive ketones (excluding diaryl/α,β-unsaturated/α-hetero) is 1. The molecule has 4 rings (SSSR count). The number of alkyl halides is 4. The SMILES string of the molecule is C[C@H]1C[C@@H](CC(=O)CC2CC2(F)F)CN(c2ccc(C(F)F)c3nccnc23)C1. The second-order valence-electron chi connectivity index (χ2n) is 8.45. The fraction of sp³-hybridized carbons (Fsp3) is 0.571. The topological polar surface area (TPSA) is 46.1 Å². The molecule has 1 unspecified atom stereocenters. The Morgan fingerprint density at radius 3 is 2.52 bits per heavy atom. The van der Waals surface area contributed by atoms with Crippen molar-refractivity contribution in [3.63, 3.8) is 0 Å². The van der Waals surface area contributed by atoms with E-state index in [9.17, 15) is 22.4 Å². The van der Waals surface area contributed by atoms with Crippen molar-refractivity contribution in [3.8, 4) is 0 Å². The summed E-state index contributed by atoms with van der Waals surface area (Å²) in [5.74, 6) is -3.27. The van der Waals surface area contributed by atoms with E-state index in [1.165, 1.54) is 18.5 Å². The second-order valence-corrected chi connectivity index (χ2v) is 8.45. The second kappa shape index (κ2) is 7.54. The summed E-state index contributed by atoms with van der Waals surface area (Å²) in [6.07, 6.45) is 1.09. The first kappa shape index (κ1) is 20.0. The Kier molecular flexibility index (Phi) is 5.21. The van der Waals surface area contributed by atoms with Crippen molar-refractivity contribution in [2.45, 2.75) is 45.0 Å². The van der Waals surface area contributed by atoms with E-state index < -0.39 is 18.3 Å². The Morgan fingerprint density at radius 2 is 1.86 bits per heavy atom. The summed E-state index contributed by atoms with van der Waals surface area (Å²) in [4.78, 5) is 22.7. The van der Waals surface area contributed by atoms with Gasteiger partial charge in [-0.1, -0.05) is 6.92 Å². The van der Waals surface area contributed by atoms with Gasteiger partial charge in [0.25, 0.3) is 12.3 Å². The maximum atomic E-state index is 13.3. The van der Waals surface area contributed by atoms with Crippen LogP contribution < -0.4 is 4.90 Å².